The molecule has 1 heteroatoms. The lowest BCUT2D eigenvalue weighted by atomic mass is 9.88. The number of nitrogen functional groups attached to an aromatic ring is 1. The molecule has 5 aromatic carbocycles. The van der Waals surface area contributed by atoms with E-state index in [0.717, 1.165) is 5.69 Å². The van der Waals surface area contributed by atoms with Gasteiger partial charge >= 0.3 is 0 Å². The molecule has 0 atom stereocenters. The lowest BCUT2D eigenvalue weighted by Crippen LogP contribution is -1.92. The Balaban J connectivity index is 2.31. The maximum atomic E-state index is 6.37. The fraction of sp³-hybridized carbons (Fsp3) is 0.0476. The highest BCUT2D eigenvalue weighted by molar-refractivity contribution is 6.35. The number of hydrogen-bond acceptors (Lipinski definition) is 1. The molecular formula is C21H15N. The Labute approximate surface area is 128 Å². The quantitative estimate of drug-likeness (QED) is 0.222. The third-order valence-corrected chi connectivity index (χ3v) is 4.76. The lowest BCUT2D eigenvalue weighted by Gasteiger charge is -2.16. The standard InChI is InChI=1S/C21H15N/c1-12-10-14-8-9-18(22)21-16-7-3-5-13-4-2-6-15(19(13)16)17(11-12)20(14)21/h2-11H,22H2,1H3. The van der Waals surface area contributed by atoms with Crippen LogP contribution in [0.3, 0.4) is 0 Å². The first-order chi connectivity index (χ1) is 10.7. The van der Waals surface area contributed by atoms with Crippen molar-refractivity contribution in [2.75, 3.05) is 5.73 Å². The Morgan fingerprint density at radius 3 is 2.23 bits per heavy atom. The van der Waals surface area contributed by atoms with Gasteiger partial charge in [0.15, 0.2) is 0 Å². The molecule has 2 N–H and O–H groups in total. The number of nitrogens with two attached hydrogens (primary N) is 1. The minimum absolute atomic E-state index is 0.861. The summed E-state index contributed by atoms with van der Waals surface area (Å²) in [6, 6.07) is 21.8. The highest BCUT2D eigenvalue weighted by Crippen LogP contribution is 2.42. The van der Waals surface area contributed by atoms with Crippen LogP contribution in [0.2, 0.25) is 0 Å². The maximum Gasteiger partial charge on any atom is 0.0400 e. The molecular weight excluding hydrogens is 266 g/mol. The Bertz CT molecular complexity index is 1180. The van der Waals surface area contributed by atoms with Crippen LogP contribution in [0.5, 0.6) is 0 Å². The Hall–Kier alpha value is -2.80. The molecule has 0 radical (unpaired) electrons. The summed E-state index contributed by atoms with van der Waals surface area (Å²) in [5.74, 6) is 0. The van der Waals surface area contributed by atoms with E-state index in [1.54, 1.807) is 0 Å². The number of hydrogen-bond donors (Lipinski definition) is 1. The van der Waals surface area contributed by atoms with Crippen molar-refractivity contribution in [3.05, 3.63) is 66.2 Å². The number of anilines is 1. The molecule has 0 spiro atoms. The van der Waals surface area contributed by atoms with Crippen molar-refractivity contribution in [2.24, 2.45) is 0 Å². The smallest absolute Gasteiger partial charge is 0.0400 e. The molecule has 5 rings (SSSR count). The topological polar surface area (TPSA) is 26.0 Å². The minimum atomic E-state index is 0.861. The summed E-state index contributed by atoms with van der Waals surface area (Å²) in [6.07, 6.45) is 0. The van der Waals surface area contributed by atoms with Crippen LogP contribution in [0.1, 0.15) is 5.56 Å². The summed E-state index contributed by atoms with van der Waals surface area (Å²) in [7, 11) is 0. The van der Waals surface area contributed by atoms with E-state index in [1.807, 2.05) is 6.07 Å². The van der Waals surface area contributed by atoms with Gasteiger partial charge in [0.05, 0.1) is 0 Å². The van der Waals surface area contributed by atoms with Crippen LogP contribution >= 0.6 is 0 Å². The Morgan fingerprint density at radius 2 is 1.41 bits per heavy atom. The molecule has 0 aliphatic carbocycles. The predicted molar refractivity (Wildman–Crippen MR) is 96.8 cm³/mol. The van der Waals surface area contributed by atoms with Crippen LogP contribution in [-0.2, 0) is 0 Å². The van der Waals surface area contributed by atoms with Gasteiger partial charge in [0.1, 0.15) is 0 Å². The third kappa shape index (κ3) is 1.33. The van der Waals surface area contributed by atoms with Crippen molar-refractivity contribution in [2.45, 2.75) is 6.92 Å². The fourth-order valence-electron chi connectivity index (χ4n) is 3.91. The first-order valence-electron chi connectivity index (χ1n) is 7.59. The van der Waals surface area contributed by atoms with E-state index < -0.39 is 0 Å². The van der Waals surface area contributed by atoms with Crippen LogP contribution in [0.25, 0.3) is 43.1 Å². The van der Waals surface area contributed by atoms with Gasteiger partial charge in [0, 0.05) is 11.1 Å². The van der Waals surface area contributed by atoms with Gasteiger partial charge in [-0.05, 0) is 56.3 Å². The monoisotopic (exact) mass is 281 g/mol. The van der Waals surface area contributed by atoms with E-state index in [2.05, 4.69) is 61.5 Å². The van der Waals surface area contributed by atoms with Gasteiger partial charge in [-0.3, -0.25) is 0 Å². The van der Waals surface area contributed by atoms with Gasteiger partial charge in [-0.1, -0.05) is 54.6 Å². The van der Waals surface area contributed by atoms with E-state index >= 15 is 0 Å². The van der Waals surface area contributed by atoms with E-state index in [0.29, 0.717) is 0 Å². The van der Waals surface area contributed by atoms with E-state index in [1.165, 1.54) is 48.7 Å². The van der Waals surface area contributed by atoms with Crippen LogP contribution < -0.4 is 5.73 Å². The number of aryl methyl sites for hydroxylation is 1. The summed E-state index contributed by atoms with van der Waals surface area (Å²) in [5, 5.41) is 10.2. The van der Waals surface area contributed by atoms with Gasteiger partial charge in [-0.15, -0.1) is 0 Å². The van der Waals surface area contributed by atoms with Crippen molar-refractivity contribution in [3.63, 3.8) is 0 Å². The molecule has 0 heterocycles. The Kier molecular flexibility index (Phi) is 2.09. The van der Waals surface area contributed by atoms with Crippen molar-refractivity contribution in [3.8, 4) is 0 Å². The van der Waals surface area contributed by atoms with E-state index in [9.17, 15) is 0 Å². The minimum Gasteiger partial charge on any atom is -0.398 e. The fourth-order valence-corrected chi connectivity index (χ4v) is 3.91. The SMILES string of the molecule is Cc1cc2ccc(N)c3c4cccc5cccc(c(c1)c23)c54. The summed E-state index contributed by atoms with van der Waals surface area (Å²) in [5.41, 5.74) is 8.52. The third-order valence-electron chi connectivity index (χ3n) is 4.76. The van der Waals surface area contributed by atoms with Gasteiger partial charge in [0.25, 0.3) is 0 Å². The molecule has 104 valence electrons. The molecule has 0 aliphatic rings. The molecule has 0 amide bonds. The van der Waals surface area contributed by atoms with Crippen molar-refractivity contribution in [1.82, 2.24) is 0 Å². The normalized spacial score (nSPS) is 12.0. The zero-order chi connectivity index (χ0) is 14.8. The highest BCUT2D eigenvalue weighted by Gasteiger charge is 2.14. The second-order valence-corrected chi connectivity index (χ2v) is 6.15. The maximum absolute atomic E-state index is 6.37. The molecule has 0 aliphatic heterocycles. The first kappa shape index (κ1) is 11.8. The van der Waals surface area contributed by atoms with Crippen LogP contribution in [0, 0.1) is 6.92 Å². The summed E-state index contributed by atoms with van der Waals surface area (Å²) in [6.45, 7) is 2.16. The zero-order valence-electron chi connectivity index (χ0n) is 12.4. The summed E-state index contributed by atoms with van der Waals surface area (Å²) < 4.78 is 0. The second kappa shape index (κ2) is 3.89. The second-order valence-electron chi connectivity index (χ2n) is 6.15. The van der Waals surface area contributed by atoms with E-state index in [4.69, 9.17) is 5.73 Å². The van der Waals surface area contributed by atoms with Crippen molar-refractivity contribution in [1.29, 1.82) is 0 Å². The molecule has 0 saturated heterocycles. The first-order valence-corrected chi connectivity index (χ1v) is 7.59. The predicted octanol–water partition coefficient (Wildman–Crippen LogP) is 5.63. The molecule has 5 aromatic rings. The van der Waals surface area contributed by atoms with Gasteiger partial charge in [0.2, 0.25) is 0 Å². The molecule has 0 unspecified atom stereocenters. The summed E-state index contributed by atoms with van der Waals surface area (Å²) in [4.78, 5) is 0. The molecule has 1 nitrogen and oxygen atoms in total. The van der Waals surface area contributed by atoms with Gasteiger partial charge in [-0.2, -0.15) is 0 Å². The van der Waals surface area contributed by atoms with Gasteiger partial charge in [-0.25, -0.2) is 0 Å². The Morgan fingerprint density at radius 1 is 0.636 bits per heavy atom. The van der Waals surface area contributed by atoms with Crippen molar-refractivity contribution >= 4 is 48.8 Å². The molecule has 22 heavy (non-hydrogen) atoms. The van der Waals surface area contributed by atoms with Crippen LogP contribution in [-0.4, -0.2) is 0 Å². The average molecular weight is 281 g/mol. The number of fused-ring (bicyclic) bond motifs is 2. The summed E-state index contributed by atoms with van der Waals surface area (Å²) >= 11 is 0. The largest absolute Gasteiger partial charge is 0.398 e. The number of rotatable bonds is 0. The molecule has 0 saturated carbocycles. The molecule has 0 aromatic heterocycles. The lowest BCUT2D eigenvalue weighted by molar-refractivity contribution is 1.53. The zero-order valence-corrected chi connectivity index (χ0v) is 12.4. The number of benzene rings is 5. The van der Waals surface area contributed by atoms with Crippen molar-refractivity contribution < 1.29 is 0 Å². The van der Waals surface area contributed by atoms with E-state index in [-0.39, 0.29) is 0 Å². The van der Waals surface area contributed by atoms with Crippen LogP contribution in [0.15, 0.2) is 60.7 Å². The van der Waals surface area contributed by atoms with Crippen LogP contribution in [0.4, 0.5) is 5.69 Å². The van der Waals surface area contributed by atoms with Gasteiger partial charge < -0.3 is 5.73 Å². The molecule has 0 bridgehead atoms. The molecule has 0 fully saturated rings. The highest BCUT2D eigenvalue weighted by atomic mass is 14.6. The average Bonchev–Trinajstić information content (AvgIpc) is 2.53.